The number of carbonyl (C=O) groups is 1. The molecule has 0 aliphatic heterocycles. The van der Waals surface area contributed by atoms with Crippen LogP contribution in [0.3, 0.4) is 0 Å². The first kappa shape index (κ1) is 21.2. The van der Waals surface area contributed by atoms with Crippen molar-refractivity contribution in [1.82, 2.24) is 0 Å². The quantitative estimate of drug-likeness (QED) is 0.467. The summed E-state index contributed by atoms with van der Waals surface area (Å²) in [5.41, 5.74) is 1.67. The van der Waals surface area contributed by atoms with Crippen LogP contribution in [0.4, 0.5) is 0 Å². The molecule has 0 aromatic carbocycles. The Bertz CT molecular complexity index is 633. The van der Waals surface area contributed by atoms with Crippen LogP contribution in [0.25, 0.3) is 5.57 Å². The van der Waals surface area contributed by atoms with Crippen molar-refractivity contribution in [3.05, 3.63) is 29.4 Å². The van der Waals surface area contributed by atoms with Gasteiger partial charge in [0.2, 0.25) is 0 Å². The van der Waals surface area contributed by atoms with E-state index in [-0.39, 0.29) is 5.78 Å². The van der Waals surface area contributed by atoms with Crippen molar-refractivity contribution in [2.75, 3.05) is 7.11 Å². The highest BCUT2D eigenvalue weighted by Gasteiger charge is 2.63. The maximum absolute atomic E-state index is 13.7. The lowest BCUT2D eigenvalue weighted by atomic mass is 9.73. The van der Waals surface area contributed by atoms with Crippen molar-refractivity contribution >= 4 is 19.4 Å². The topological polar surface area (TPSA) is 39.4 Å². The lowest BCUT2D eigenvalue weighted by Gasteiger charge is -2.53. The SMILES string of the molecule is CCCCC1(OC)C(=O)C([Si](C(C)C)(C(C)C)C(C)C)=C1c1ccco1. The Kier molecular flexibility index (Phi) is 6.39. The fourth-order valence-electron chi connectivity index (χ4n) is 5.55. The molecule has 0 saturated heterocycles. The molecule has 1 aromatic rings. The zero-order chi connectivity index (χ0) is 19.7. The summed E-state index contributed by atoms with van der Waals surface area (Å²) < 4.78 is 11.8. The molecule has 3 nitrogen and oxygen atoms in total. The molecule has 2 rings (SSSR count). The lowest BCUT2D eigenvalue weighted by molar-refractivity contribution is -0.134. The Morgan fingerprint density at radius 1 is 1.12 bits per heavy atom. The molecule has 0 amide bonds. The van der Waals surface area contributed by atoms with Crippen molar-refractivity contribution in [1.29, 1.82) is 0 Å². The molecule has 1 unspecified atom stereocenters. The van der Waals surface area contributed by atoms with Gasteiger partial charge in [-0.1, -0.05) is 61.3 Å². The highest BCUT2D eigenvalue weighted by atomic mass is 28.3. The average Bonchev–Trinajstić information content (AvgIpc) is 3.09. The molecule has 0 fully saturated rings. The van der Waals surface area contributed by atoms with Gasteiger partial charge in [-0.2, -0.15) is 0 Å². The highest BCUT2D eigenvalue weighted by molar-refractivity contribution is 6.96. The molecule has 0 spiro atoms. The summed E-state index contributed by atoms with van der Waals surface area (Å²) in [6.45, 7) is 15.9. The maximum atomic E-state index is 13.7. The number of carbonyl (C=O) groups excluding carboxylic acids is 1. The van der Waals surface area contributed by atoms with Crippen molar-refractivity contribution in [2.45, 2.75) is 90.0 Å². The number of methoxy groups -OCH3 is 1. The minimum absolute atomic E-state index is 0.225. The Morgan fingerprint density at radius 3 is 2.08 bits per heavy atom. The monoisotopic (exact) mass is 376 g/mol. The minimum atomic E-state index is -2.08. The van der Waals surface area contributed by atoms with Crippen LogP contribution in [0, 0.1) is 0 Å². The number of unbranched alkanes of at least 4 members (excludes halogenated alkanes) is 1. The van der Waals surface area contributed by atoms with E-state index < -0.39 is 13.7 Å². The summed E-state index contributed by atoms with van der Waals surface area (Å²) in [6.07, 6.45) is 4.44. The smallest absolute Gasteiger partial charge is 0.191 e. The van der Waals surface area contributed by atoms with Crippen molar-refractivity contribution in [3.8, 4) is 0 Å². The van der Waals surface area contributed by atoms with E-state index in [0.717, 1.165) is 35.8 Å². The normalized spacial score (nSPS) is 21.3. The molecule has 0 saturated carbocycles. The zero-order valence-electron chi connectivity index (χ0n) is 17.8. The minimum Gasteiger partial charge on any atom is -0.465 e. The van der Waals surface area contributed by atoms with E-state index >= 15 is 0 Å². The molecule has 1 aliphatic carbocycles. The van der Waals surface area contributed by atoms with E-state index in [1.54, 1.807) is 13.4 Å². The first-order valence-corrected chi connectivity index (χ1v) is 12.3. The van der Waals surface area contributed by atoms with Gasteiger partial charge in [0.15, 0.2) is 11.4 Å². The molecule has 1 aromatic heterocycles. The van der Waals surface area contributed by atoms with Gasteiger partial charge in [-0.15, -0.1) is 0 Å². The summed E-state index contributed by atoms with van der Waals surface area (Å²) in [4.78, 5) is 13.7. The van der Waals surface area contributed by atoms with Gasteiger partial charge in [0.25, 0.3) is 0 Å². The zero-order valence-corrected chi connectivity index (χ0v) is 18.8. The molecule has 0 N–H and O–H groups in total. The van der Waals surface area contributed by atoms with Crippen LogP contribution in [-0.4, -0.2) is 26.6 Å². The summed E-state index contributed by atoms with van der Waals surface area (Å²) >= 11 is 0. The third-order valence-corrected chi connectivity index (χ3v) is 13.6. The second-order valence-corrected chi connectivity index (χ2v) is 14.4. The van der Waals surface area contributed by atoms with E-state index in [4.69, 9.17) is 9.15 Å². The fourth-order valence-corrected chi connectivity index (χ4v) is 12.6. The highest BCUT2D eigenvalue weighted by Crippen LogP contribution is 2.58. The third-order valence-electron chi connectivity index (χ3n) is 6.55. The number of ether oxygens (including phenoxy) is 1. The van der Waals surface area contributed by atoms with Crippen LogP contribution in [0.1, 0.15) is 73.5 Å². The van der Waals surface area contributed by atoms with Gasteiger partial charge in [-0.05, 0) is 40.4 Å². The van der Waals surface area contributed by atoms with Gasteiger partial charge in [0.1, 0.15) is 5.76 Å². The van der Waals surface area contributed by atoms with Gasteiger partial charge >= 0.3 is 0 Å². The largest absolute Gasteiger partial charge is 0.465 e. The number of Topliss-reactive ketones (excluding diaryl/α,β-unsaturated/α-hetero) is 1. The lowest BCUT2D eigenvalue weighted by Crippen LogP contribution is -2.62. The molecule has 4 heteroatoms. The third kappa shape index (κ3) is 2.86. The van der Waals surface area contributed by atoms with Crippen LogP contribution < -0.4 is 0 Å². The van der Waals surface area contributed by atoms with E-state index in [0.29, 0.717) is 16.6 Å². The predicted molar refractivity (Wildman–Crippen MR) is 111 cm³/mol. The Morgan fingerprint density at radius 2 is 1.69 bits per heavy atom. The molecule has 1 aliphatic rings. The van der Waals surface area contributed by atoms with Crippen LogP contribution >= 0.6 is 0 Å². The summed E-state index contributed by atoms with van der Waals surface area (Å²) in [7, 11) is -0.403. The number of hydrogen-bond donors (Lipinski definition) is 0. The second-order valence-electron chi connectivity index (χ2n) is 8.59. The van der Waals surface area contributed by atoms with E-state index in [2.05, 4.69) is 48.5 Å². The Balaban J connectivity index is 2.80. The van der Waals surface area contributed by atoms with Gasteiger partial charge in [-0.3, -0.25) is 4.79 Å². The summed E-state index contributed by atoms with van der Waals surface area (Å²) in [5, 5.41) is 1.07. The number of rotatable bonds is 9. The van der Waals surface area contributed by atoms with Crippen molar-refractivity contribution < 1.29 is 13.9 Å². The molecular weight excluding hydrogens is 340 g/mol. The Hall–Kier alpha value is -1.13. The maximum Gasteiger partial charge on any atom is 0.191 e. The number of hydrogen-bond acceptors (Lipinski definition) is 3. The van der Waals surface area contributed by atoms with Gasteiger partial charge in [0.05, 0.1) is 14.3 Å². The van der Waals surface area contributed by atoms with Gasteiger partial charge < -0.3 is 9.15 Å². The van der Waals surface area contributed by atoms with E-state index in [9.17, 15) is 4.79 Å². The van der Waals surface area contributed by atoms with Crippen LogP contribution in [0.2, 0.25) is 16.6 Å². The van der Waals surface area contributed by atoms with Crippen LogP contribution in [0.5, 0.6) is 0 Å². The van der Waals surface area contributed by atoms with E-state index in [1.807, 2.05) is 12.1 Å². The van der Waals surface area contributed by atoms with Crippen LogP contribution in [0.15, 0.2) is 28.0 Å². The second kappa shape index (κ2) is 7.85. The predicted octanol–water partition coefficient (Wildman–Crippen LogP) is 6.41. The van der Waals surface area contributed by atoms with Gasteiger partial charge in [-0.25, -0.2) is 0 Å². The molecule has 1 atom stereocenters. The molecular formula is C22H36O3Si. The first-order valence-electron chi connectivity index (χ1n) is 10.1. The van der Waals surface area contributed by atoms with Crippen molar-refractivity contribution in [3.63, 3.8) is 0 Å². The molecule has 0 radical (unpaired) electrons. The molecule has 26 heavy (non-hydrogen) atoms. The standard InChI is InChI=1S/C22H36O3Si/c1-9-10-13-22(24-8)19(18-12-11-14-25-18)20(21(22)23)26(15(2)3,16(4)5)17(6)7/h11-12,14-17H,9-10,13H2,1-8H3. The first-order chi connectivity index (χ1) is 12.2. The van der Waals surface area contributed by atoms with Crippen LogP contribution in [-0.2, 0) is 9.53 Å². The fraction of sp³-hybridized carbons (Fsp3) is 0.682. The molecule has 0 bridgehead atoms. The average molecular weight is 377 g/mol. The summed E-state index contributed by atoms with van der Waals surface area (Å²) in [5.74, 6) is 1.04. The number of ketones is 1. The summed E-state index contributed by atoms with van der Waals surface area (Å²) in [6, 6.07) is 3.90. The van der Waals surface area contributed by atoms with Crippen molar-refractivity contribution in [2.24, 2.45) is 0 Å². The Labute approximate surface area is 160 Å². The van der Waals surface area contributed by atoms with E-state index in [1.165, 1.54) is 0 Å². The number of furan rings is 1. The molecule has 146 valence electrons. The van der Waals surface area contributed by atoms with Gasteiger partial charge in [0, 0.05) is 12.7 Å². The molecule has 1 heterocycles.